The average Bonchev–Trinajstić information content (AvgIpc) is 3.08. The lowest BCUT2D eigenvalue weighted by Gasteiger charge is -2.08. The van der Waals surface area contributed by atoms with Crippen molar-refractivity contribution in [3.63, 3.8) is 0 Å². The van der Waals surface area contributed by atoms with Crippen LogP contribution in [0.15, 0.2) is 84.1 Å². The predicted molar refractivity (Wildman–Crippen MR) is 118 cm³/mol. The van der Waals surface area contributed by atoms with Crippen molar-refractivity contribution in [2.45, 2.75) is 20.4 Å². The van der Waals surface area contributed by atoms with Gasteiger partial charge in [0.2, 0.25) is 0 Å². The summed E-state index contributed by atoms with van der Waals surface area (Å²) >= 11 is 0. The van der Waals surface area contributed by atoms with Gasteiger partial charge in [-0.3, -0.25) is 4.79 Å². The van der Waals surface area contributed by atoms with E-state index in [0.717, 1.165) is 28.6 Å². The summed E-state index contributed by atoms with van der Waals surface area (Å²) in [7, 11) is 0. The molecule has 0 bridgehead atoms. The fourth-order valence-electron chi connectivity index (χ4n) is 3.53. The van der Waals surface area contributed by atoms with E-state index in [2.05, 4.69) is 64.6 Å². The molecule has 4 heteroatoms. The number of hydrogen-bond acceptors (Lipinski definition) is 2. The highest BCUT2D eigenvalue weighted by atomic mass is 16.2. The summed E-state index contributed by atoms with van der Waals surface area (Å²) in [4.78, 5) is 12.4. The molecule has 0 fully saturated rings. The number of aromatic nitrogens is 1. The lowest BCUT2D eigenvalue weighted by molar-refractivity contribution is 0.0954. The molecule has 0 atom stereocenters. The van der Waals surface area contributed by atoms with E-state index in [4.69, 9.17) is 0 Å². The first-order chi connectivity index (χ1) is 14.1. The zero-order chi connectivity index (χ0) is 20.2. The van der Waals surface area contributed by atoms with Crippen molar-refractivity contribution in [2.24, 2.45) is 5.10 Å². The van der Waals surface area contributed by atoms with Crippen molar-refractivity contribution >= 4 is 23.0 Å². The van der Waals surface area contributed by atoms with Crippen LogP contribution in [0.1, 0.15) is 32.6 Å². The Bertz CT molecular complexity index is 1200. The Morgan fingerprint density at radius 1 is 0.931 bits per heavy atom. The van der Waals surface area contributed by atoms with Gasteiger partial charge in [-0.05, 0) is 42.7 Å². The van der Waals surface area contributed by atoms with Gasteiger partial charge in [0.1, 0.15) is 0 Å². The molecule has 0 unspecified atom stereocenters. The minimum atomic E-state index is -0.206. The molecular weight excluding hydrogens is 358 g/mol. The van der Waals surface area contributed by atoms with Crippen molar-refractivity contribution in [3.8, 4) is 0 Å². The van der Waals surface area contributed by atoms with Crippen LogP contribution in [0.3, 0.4) is 0 Å². The number of nitrogens with one attached hydrogen (secondary N) is 1. The highest BCUT2D eigenvalue weighted by Crippen LogP contribution is 2.22. The molecule has 0 aliphatic rings. The Kier molecular flexibility index (Phi) is 5.25. The smallest absolute Gasteiger partial charge is 0.271 e. The molecule has 1 aromatic heterocycles. The first kappa shape index (κ1) is 18.7. The normalized spacial score (nSPS) is 11.2. The van der Waals surface area contributed by atoms with Crippen LogP contribution in [0.4, 0.5) is 0 Å². The number of para-hydroxylation sites is 1. The van der Waals surface area contributed by atoms with E-state index in [1.807, 2.05) is 37.3 Å². The van der Waals surface area contributed by atoms with Crippen molar-refractivity contribution in [1.29, 1.82) is 0 Å². The minimum Gasteiger partial charge on any atom is -0.342 e. The topological polar surface area (TPSA) is 46.4 Å². The molecule has 4 aromatic rings. The summed E-state index contributed by atoms with van der Waals surface area (Å²) in [5.41, 5.74) is 8.86. The van der Waals surface area contributed by atoms with Crippen molar-refractivity contribution < 1.29 is 4.79 Å². The van der Waals surface area contributed by atoms with Gasteiger partial charge < -0.3 is 4.57 Å². The minimum absolute atomic E-state index is 0.206. The Balaban J connectivity index is 1.59. The summed E-state index contributed by atoms with van der Waals surface area (Å²) < 4.78 is 2.22. The number of carbonyl (C=O) groups excluding carboxylic acids is 1. The van der Waals surface area contributed by atoms with Gasteiger partial charge in [0.25, 0.3) is 5.91 Å². The molecule has 1 N–H and O–H groups in total. The third-order valence-corrected chi connectivity index (χ3v) is 5.18. The lowest BCUT2D eigenvalue weighted by Crippen LogP contribution is -2.18. The highest BCUT2D eigenvalue weighted by molar-refractivity contribution is 6.00. The second-order valence-corrected chi connectivity index (χ2v) is 7.17. The van der Waals surface area contributed by atoms with Gasteiger partial charge >= 0.3 is 0 Å². The van der Waals surface area contributed by atoms with Gasteiger partial charge in [-0.15, -0.1) is 0 Å². The second-order valence-electron chi connectivity index (χ2n) is 7.17. The second kappa shape index (κ2) is 8.15. The van der Waals surface area contributed by atoms with Crippen molar-refractivity contribution in [3.05, 3.63) is 107 Å². The molecule has 0 saturated carbocycles. The maximum atomic E-state index is 12.4. The number of rotatable bonds is 5. The van der Waals surface area contributed by atoms with Crippen LogP contribution in [0, 0.1) is 13.8 Å². The highest BCUT2D eigenvalue weighted by Gasteiger charge is 2.09. The first-order valence-corrected chi connectivity index (χ1v) is 9.65. The van der Waals surface area contributed by atoms with Gasteiger partial charge in [-0.2, -0.15) is 5.10 Å². The fraction of sp³-hybridized carbons (Fsp3) is 0.120. The Hall–Kier alpha value is -3.66. The molecule has 3 aromatic carbocycles. The van der Waals surface area contributed by atoms with Crippen LogP contribution >= 0.6 is 0 Å². The quantitative estimate of drug-likeness (QED) is 0.381. The molecule has 0 spiro atoms. The number of hydrazone groups is 1. The number of fused-ring (bicyclic) bond motifs is 1. The molecule has 0 aliphatic heterocycles. The molecule has 29 heavy (non-hydrogen) atoms. The van der Waals surface area contributed by atoms with Gasteiger partial charge in [-0.1, -0.05) is 60.7 Å². The van der Waals surface area contributed by atoms with E-state index in [-0.39, 0.29) is 5.91 Å². The predicted octanol–water partition coefficient (Wildman–Crippen LogP) is 5.07. The Labute approximate surface area is 170 Å². The van der Waals surface area contributed by atoms with Crippen LogP contribution in [0.5, 0.6) is 0 Å². The molecule has 0 saturated heterocycles. The maximum absolute atomic E-state index is 12.4. The van der Waals surface area contributed by atoms with Crippen LogP contribution in [-0.4, -0.2) is 16.7 Å². The maximum Gasteiger partial charge on any atom is 0.271 e. The van der Waals surface area contributed by atoms with E-state index in [1.54, 1.807) is 12.3 Å². The average molecular weight is 381 g/mol. The summed E-state index contributed by atoms with van der Waals surface area (Å²) in [5, 5.41) is 5.32. The van der Waals surface area contributed by atoms with Gasteiger partial charge in [0.15, 0.2) is 0 Å². The molecule has 144 valence electrons. The number of amides is 1. The molecule has 0 aliphatic carbocycles. The van der Waals surface area contributed by atoms with Crippen LogP contribution < -0.4 is 5.43 Å². The number of hydrogen-bond donors (Lipinski definition) is 1. The molecule has 4 rings (SSSR count). The van der Waals surface area contributed by atoms with E-state index >= 15 is 0 Å². The lowest BCUT2D eigenvalue weighted by atomic mass is 10.1. The molecule has 0 radical (unpaired) electrons. The van der Waals surface area contributed by atoms with E-state index in [1.165, 1.54) is 11.1 Å². The van der Waals surface area contributed by atoms with E-state index in [9.17, 15) is 4.79 Å². The first-order valence-electron chi connectivity index (χ1n) is 9.65. The summed E-state index contributed by atoms with van der Waals surface area (Å²) in [5.74, 6) is -0.206. The van der Waals surface area contributed by atoms with E-state index in [0.29, 0.717) is 5.56 Å². The van der Waals surface area contributed by atoms with Crippen LogP contribution in [0.25, 0.3) is 10.9 Å². The zero-order valence-electron chi connectivity index (χ0n) is 16.6. The standard InChI is InChI=1S/C25H23N3O/c1-18-9-3-5-11-20(18)16-28-17-21(23-13-7-8-14-24(23)28)15-26-27-25(29)22-12-6-4-10-19(22)2/h3-15,17H,16H2,1-2H3,(H,27,29)/b26-15+. The molecular formula is C25H23N3O. The van der Waals surface area contributed by atoms with Gasteiger partial charge in [-0.25, -0.2) is 5.43 Å². The third kappa shape index (κ3) is 3.97. The zero-order valence-corrected chi connectivity index (χ0v) is 16.6. The largest absolute Gasteiger partial charge is 0.342 e. The van der Waals surface area contributed by atoms with Gasteiger partial charge in [0, 0.05) is 34.8 Å². The van der Waals surface area contributed by atoms with E-state index < -0.39 is 0 Å². The molecule has 1 amide bonds. The Morgan fingerprint density at radius 2 is 1.62 bits per heavy atom. The monoisotopic (exact) mass is 381 g/mol. The molecule has 1 heterocycles. The number of nitrogens with zero attached hydrogens (tertiary/aromatic N) is 2. The number of aryl methyl sites for hydroxylation is 2. The van der Waals surface area contributed by atoms with Gasteiger partial charge in [0.05, 0.1) is 6.21 Å². The number of carbonyl (C=O) groups is 1. The Morgan fingerprint density at radius 3 is 2.41 bits per heavy atom. The fourth-order valence-corrected chi connectivity index (χ4v) is 3.53. The summed E-state index contributed by atoms with van der Waals surface area (Å²) in [6, 6.07) is 24.1. The summed E-state index contributed by atoms with van der Waals surface area (Å²) in [6.45, 7) is 4.83. The number of benzene rings is 3. The van der Waals surface area contributed by atoms with Crippen molar-refractivity contribution in [1.82, 2.24) is 9.99 Å². The van der Waals surface area contributed by atoms with Crippen LogP contribution in [0.2, 0.25) is 0 Å². The van der Waals surface area contributed by atoms with Crippen molar-refractivity contribution in [2.75, 3.05) is 0 Å². The SMILES string of the molecule is Cc1ccccc1Cn1cc(/C=N/NC(=O)c2ccccc2C)c2ccccc21. The summed E-state index contributed by atoms with van der Waals surface area (Å²) in [6.07, 6.45) is 3.80. The molecule has 4 nitrogen and oxygen atoms in total. The van der Waals surface area contributed by atoms with Crippen LogP contribution in [-0.2, 0) is 6.54 Å². The third-order valence-electron chi connectivity index (χ3n) is 5.18.